The van der Waals surface area contributed by atoms with Crippen molar-refractivity contribution in [3.8, 4) is 0 Å². The van der Waals surface area contributed by atoms with Crippen molar-refractivity contribution in [2.24, 2.45) is 16.6 Å². The van der Waals surface area contributed by atoms with Gasteiger partial charge < -0.3 is 10.6 Å². The molecule has 1 atom stereocenters. The van der Waals surface area contributed by atoms with E-state index in [0.29, 0.717) is 11.9 Å². The molecule has 0 aromatic heterocycles. The summed E-state index contributed by atoms with van der Waals surface area (Å²) in [5.74, 6) is 1.16. The van der Waals surface area contributed by atoms with Gasteiger partial charge in [-0.1, -0.05) is 51.1 Å². The van der Waals surface area contributed by atoms with E-state index in [0.717, 1.165) is 19.5 Å². The van der Waals surface area contributed by atoms with Gasteiger partial charge in [0.1, 0.15) is 0 Å². The molecule has 18 heavy (non-hydrogen) atoms. The molecule has 1 aromatic carbocycles. The first-order valence-corrected chi connectivity index (χ1v) is 6.76. The average Bonchev–Trinajstić information content (AvgIpc) is 2.70. The van der Waals surface area contributed by atoms with Crippen LogP contribution in [0, 0.1) is 5.92 Å². The lowest BCUT2D eigenvalue weighted by Gasteiger charge is -2.43. The Kier molecular flexibility index (Phi) is 3.60. The number of guanidine groups is 1. The Morgan fingerprint density at radius 3 is 2.56 bits per heavy atom. The molecular formula is C15H23N3. The lowest BCUT2D eigenvalue weighted by Crippen LogP contribution is -2.52. The fraction of sp³-hybridized carbons (Fsp3) is 0.533. The molecule has 3 nitrogen and oxygen atoms in total. The lowest BCUT2D eigenvalue weighted by atomic mass is 9.79. The van der Waals surface area contributed by atoms with Gasteiger partial charge in [-0.15, -0.1) is 0 Å². The minimum absolute atomic E-state index is 0.0681. The maximum Gasteiger partial charge on any atom is 0.192 e. The van der Waals surface area contributed by atoms with Crippen LogP contribution in [0.25, 0.3) is 0 Å². The van der Waals surface area contributed by atoms with Crippen LogP contribution in [0.1, 0.15) is 32.8 Å². The van der Waals surface area contributed by atoms with Crippen molar-refractivity contribution >= 4 is 5.96 Å². The second-order valence-corrected chi connectivity index (χ2v) is 5.27. The fourth-order valence-corrected chi connectivity index (χ4v) is 2.92. The maximum atomic E-state index is 6.09. The zero-order chi connectivity index (χ0) is 13.2. The van der Waals surface area contributed by atoms with E-state index in [1.54, 1.807) is 0 Å². The van der Waals surface area contributed by atoms with Crippen LogP contribution < -0.4 is 5.73 Å². The van der Waals surface area contributed by atoms with Crippen LogP contribution in [0.4, 0.5) is 0 Å². The fourth-order valence-electron chi connectivity index (χ4n) is 2.92. The molecule has 0 saturated carbocycles. The van der Waals surface area contributed by atoms with Gasteiger partial charge in [0, 0.05) is 6.54 Å². The molecule has 1 aliphatic heterocycles. The Balaban J connectivity index is 2.46. The Hall–Kier alpha value is -1.51. The summed E-state index contributed by atoms with van der Waals surface area (Å²) < 4.78 is 0. The highest BCUT2D eigenvalue weighted by Crippen LogP contribution is 2.39. The van der Waals surface area contributed by atoms with Crippen molar-refractivity contribution in [1.82, 2.24) is 4.90 Å². The monoisotopic (exact) mass is 245 g/mol. The lowest BCUT2D eigenvalue weighted by molar-refractivity contribution is 0.137. The van der Waals surface area contributed by atoms with Gasteiger partial charge in [-0.2, -0.15) is 0 Å². The van der Waals surface area contributed by atoms with Crippen LogP contribution in [0.5, 0.6) is 0 Å². The molecule has 0 amide bonds. The molecule has 2 N–H and O–H groups in total. The van der Waals surface area contributed by atoms with Crippen LogP contribution in [0.15, 0.2) is 35.3 Å². The van der Waals surface area contributed by atoms with Crippen molar-refractivity contribution in [1.29, 1.82) is 0 Å². The van der Waals surface area contributed by atoms with Gasteiger partial charge in [0.2, 0.25) is 0 Å². The molecule has 0 radical (unpaired) electrons. The zero-order valence-corrected chi connectivity index (χ0v) is 11.6. The molecule has 0 bridgehead atoms. The molecule has 0 spiro atoms. The van der Waals surface area contributed by atoms with Crippen LogP contribution in [-0.4, -0.2) is 23.9 Å². The number of hydrogen-bond donors (Lipinski definition) is 1. The number of hydrogen-bond acceptors (Lipinski definition) is 3. The summed E-state index contributed by atoms with van der Waals surface area (Å²) in [6, 6.07) is 10.6. The van der Waals surface area contributed by atoms with Crippen molar-refractivity contribution < 1.29 is 0 Å². The van der Waals surface area contributed by atoms with E-state index in [1.165, 1.54) is 5.56 Å². The van der Waals surface area contributed by atoms with Gasteiger partial charge in [-0.3, -0.25) is 4.99 Å². The van der Waals surface area contributed by atoms with E-state index in [9.17, 15) is 0 Å². The molecule has 2 rings (SSSR count). The largest absolute Gasteiger partial charge is 0.370 e. The van der Waals surface area contributed by atoms with E-state index in [4.69, 9.17) is 5.73 Å². The molecule has 98 valence electrons. The number of aliphatic imine (C=N–C) groups is 1. The third-order valence-electron chi connectivity index (χ3n) is 3.92. The zero-order valence-electron chi connectivity index (χ0n) is 11.6. The van der Waals surface area contributed by atoms with Crippen molar-refractivity contribution in [3.05, 3.63) is 35.9 Å². The Morgan fingerprint density at radius 1 is 1.33 bits per heavy atom. The molecule has 0 saturated heterocycles. The standard InChI is InChI=1S/C15H23N3/c1-4-10-18-14(16)17-11-15(18,12(2)3)13-8-6-5-7-9-13/h5-9,12H,4,10-11H2,1-3H3,(H2,16,17). The van der Waals surface area contributed by atoms with E-state index < -0.39 is 0 Å². The van der Waals surface area contributed by atoms with Gasteiger partial charge in [-0.25, -0.2) is 0 Å². The van der Waals surface area contributed by atoms with Crippen molar-refractivity contribution in [2.45, 2.75) is 32.7 Å². The molecular weight excluding hydrogens is 222 g/mol. The number of benzene rings is 1. The Morgan fingerprint density at radius 2 is 2.00 bits per heavy atom. The molecule has 1 aromatic rings. The maximum absolute atomic E-state index is 6.09. The third-order valence-corrected chi connectivity index (χ3v) is 3.92. The van der Waals surface area contributed by atoms with Crippen LogP contribution in [-0.2, 0) is 5.54 Å². The topological polar surface area (TPSA) is 41.6 Å². The predicted molar refractivity (Wildman–Crippen MR) is 76.4 cm³/mol. The summed E-state index contributed by atoms with van der Waals surface area (Å²) in [7, 11) is 0. The summed E-state index contributed by atoms with van der Waals surface area (Å²) in [5, 5.41) is 0. The van der Waals surface area contributed by atoms with Crippen LogP contribution in [0.3, 0.4) is 0 Å². The molecule has 0 fully saturated rings. The highest BCUT2D eigenvalue weighted by molar-refractivity contribution is 5.81. The smallest absolute Gasteiger partial charge is 0.192 e. The van der Waals surface area contributed by atoms with Gasteiger partial charge in [-0.05, 0) is 17.9 Å². The normalized spacial score (nSPS) is 23.6. The van der Waals surface area contributed by atoms with Gasteiger partial charge in [0.25, 0.3) is 0 Å². The first-order chi connectivity index (χ1) is 8.63. The van der Waals surface area contributed by atoms with E-state index in [2.05, 4.69) is 61.0 Å². The SMILES string of the molecule is CCCN1C(N)=NCC1(c1ccccc1)C(C)C. The van der Waals surface area contributed by atoms with Crippen molar-refractivity contribution in [2.75, 3.05) is 13.1 Å². The molecule has 1 unspecified atom stereocenters. The highest BCUT2D eigenvalue weighted by atomic mass is 15.4. The summed E-state index contributed by atoms with van der Waals surface area (Å²) in [5.41, 5.74) is 7.34. The second kappa shape index (κ2) is 5.01. The van der Waals surface area contributed by atoms with E-state index >= 15 is 0 Å². The minimum atomic E-state index is -0.0681. The summed E-state index contributed by atoms with van der Waals surface area (Å²) in [4.78, 5) is 6.79. The quantitative estimate of drug-likeness (QED) is 0.886. The molecule has 1 heterocycles. The second-order valence-electron chi connectivity index (χ2n) is 5.27. The summed E-state index contributed by atoms with van der Waals surface area (Å²) in [6.07, 6.45) is 1.08. The van der Waals surface area contributed by atoms with Gasteiger partial charge in [0.15, 0.2) is 5.96 Å². The number of nitrogens with zero attached hydrogens (tertiary/aromatic N) is 2. The first kappa shape index (κ1) is 12.9. The average molecular weight is 245 g/mol. The predicted octanol–water partition coefficient (Wildman–Crippen LogP) is 2.58. The van der Waals surface area contributed by atoms with Gasteiger partial charge in [0.05, 0.1) is 12.1 Å². The van der Waals surface area contributed by atoms with Gasteiger partial charge >= 0.3 is 0 Å². The van der Waals surface area contributed by atoms with Crippen molar-refractivity contribution in [3.63, 3.8) is 0 Å². The first-order valence-electron chi connectivity index (χ1n) is 6.76. The highest BCUT2D eigenvalue weighted by Gasteiger charge is 2.45. The van der Waals surface area contributed by atoms with Crippen LogP contribution in [0.2, 0.25) is 0 Å². The third kappa shape index (κ3) is 1.88. The van der Waals surface area contributed by atoms with Crippen LogP contribution >= 0.6 is 0 Å². The van der Waals surface area contributed by atoms with E-state index in [-0.39, 0.29) is 5.54 Å². The number of nitrogens with two attached hydrogens (primary N) is 1. The number of rotatable bonds is 4. The molecule has 0 aliphatic carbocycles. The summed E-state index contributed by atoms with van der Waals surface area (Å²) in [6.45, 7) is 8.41. The summed E-state index contributed by atoms with van der Waals surface area (Å²) >= 11 is 0. The molecule has 3 heteroatoms. The van der Waals surface area contributed by atoms with E-state index in [1.807, 2.05) is 0 Å². The minimum Gasteiger partial charge on any atom is -0.370 e. The Labute approximate surface area is 110 Å². The molecule has 1 aliphatic rings. The Bertz CT molecular complexity index is 425.